The standard InChI is InChI=1S/C14H17ClN2O/c1-17(9-11-6-7-18-10-11)14(8-16)12-4-2-3-5-13(12)15/h2-7,10,14H,8-9,16H2,1H3. The Labute approximate surface area is 112 Å². The third-order valence-corrected chi connectivity index (χ3v) is 3.38. The van der Waals surface area contributed by atoms with Crippen LogP contribution in [0.5, 0.6) is 0 Å². The van der Waals surface area contributed by atoms with Crippen molar-refractivity contribution in [1.29, 1.82) is 0 Å². The van der Waals surface area contributed by atoms with Gasteiger partial charge in [0.15, 0.2) is 0 Å². The molecule has 1 unspecified atom stereocenters. The number of likely N-dealkylation sites (N-methyl/N-ethyl adjacent to an activating group) is 1. The van der Waals surface area contributed by atoms with Gasteiger partial charge in [0.1, 0.15) is 0 Å². The first-order chi connectivity index (χ1) is 8.72. The summed E-state index contributed by atoms with van der Waals surface area (Å²) < 4.78 is 5.07. The van der Waals surface area contributed by atoms with E-state index >= 15 is 0 Å². The van der Waals surface area contributed by atoms with Crippen molar-refractivity contribution < 1.29 is 4.42 Å². The minimum absolute atomic E-state index is 0.105. The Morgan fingerprint density at radius 3 is 2.72 bits per heavy atom. The quantitative estimate of drug-likeness (QED) is 0.903. The first-order valence-electron chi connectivity index (χ1n) is 5.88. The van der Waals surface area contributed by atoms with Gasteiger partial charge in [-0.15, -0.1) is 0 Å². The summed E-state index contributed by atoms with van der Waals surface area (Å²) in [4.78, 5) is 2.17. The largest absolute Gasteiger partial charge is 0.472 e. The van der Waals surface area contributed by atoms with Crippen LogP contribution >= 0.6 is 11.6 Å². The molecule has 0 spiro atoms. The molecular formula is C14H17ClN2O. The molecule has 0 saturated carbocycles. The molecule has 0 aliphatic heterocycles. The van der Waals surface area contributed by atoms with E-state index in [1.807, 2.05) is 37.4 Å². The van der Waals surface area contributed by atoms with Crippen molar-refractivity contribution in [3.05, 3.63) is 59.0 Å². The average molecular weight is 265 g/mol. The van der Waals surface area contributed by atoms with Gasteiger partial charge in [-0.1, -0.05) is 29.8 Å². The fraction of sp³-hybridized carbons (Fsp3) is 0.286. The molecule has 0 radical (unpaired) electrons. The van der Waals surface area contributed by atoms with Crippen molar-refractivity contribution >= 4 is 11.6 Å². The van der Waals surface area contributed by atoms with Crippen LogP contribution in [0.3, 0.4) is 0 Å². The monoisotopic (exact) mass is 264 g/mol. The van der Waals surface area contributed by atoms with Gasteiger partial charge in [0.05, 0.1) is 12.5 Å². The van der Waals surface area contributed by atoms with Crippen molar-refractivity contribution in [2.75, 3.05) is 13.6 Å². The Hall–Kier alpha value is -1.29. The molecule has 0 amide bonds. The van der Waals surface area contributed by atoms with Crippen molar-refractivity contribution in [2.24, 2.45) is 5.73 Å². The van der Waals surface area contributed by atoms with Gasteiger partial charge in [-0.25, -0.2) is 0 Å². The summed E-state index contributed by atoms with van der Waals surface area (Å²) in [6, 6.07) is 9.88. The van der Waals surface area contributed by atoms with E-state index in [1.165, 1.54) is 0 Å². The maximum atomic E-state index is 6.22. The van der Waals surface area contributed by atoms with E-state index in [1.54, 1.807) is 12.5 Å². The number of hydrogen-bond acceptors (Lipinski definition) is 3. The third kappa shape index (κ3) is 2.93. The molecule has 0 fully saturated rings. The number of nitrogens with zero attached hydrogens (tertiary/aromatic N) is 1. The van der Waals surface area contributed by atoms with Crippen molar-refractivity contribution in [2.45, 2.75) is 12.6 Å². The van der Waals surface area contributed by atoms with Gasteiger partial charge in [0, 0.05) is 29.7 Å². The summed E-state index contributed by atoms with van der Waals surface area (Å²) >= 11 is 6.22. The molecule has 0 aliphatic rings. The molecule has 0 aliphatic carbocycles. The van der Waals surface area contributed by atoms with Crippen molar-refractivity contribution in [3.63, 3.8) is 0 Å². The maximum Gasteiger partial charge on any atom is 0.0947 e. The second-order valence-electron chi connectivity index (χ2n) is 4.32. The third-order valence-electron chi connectivity index (χ3n) is 3.03. The molecule has 2 N–H and O–H groups in total. The lowest BCUT2D eigenvalue weighted by Crippen LogP contribution is -2.30. The van der Waals surface area contributed by atoms with E-state index in [4.69, 9.17) is 21.8 Å². The van der Waals surface area contributed by atoms with Crippen LogP contribution in [0.15, 0.2) is 47.3 Å². The zero-order valence-corrected chi connectivity index (χ0v) is 11.1. The van der Waals surface area contributed by atoms with Crippen LogP contribution in [0.25, 0.3) is 0 Å². The van der Waals surface area contributed by atoms with Crippen molar-refractivity contribution in [1.82, 2.24) is 4.90 Å². The van der Waals surface area contributed by atoms with Crippen LogP contribution in [0, 0.1) is 0 Å². The van der Waals surface area contributed by atoms with Crippen LogP contribution in [-0.2, 0) is 6.54 Å². The smallest absolute Gasteiger partial charge is 0.0947 e. The van der Waals surface area contributed by atoms with Gasteiger partial charge < -0.3 is 10.2 Å². The van der Waals surface area contributed by atoms with Gasteiger partial charge in [-0.2, -0.15) is 0 Å². The summed E-state index contributed by atoms with van der Waals surface area (Å²) in [5.41, 5.74) is 8.07. The van der Waals surface area contributed by atoms with Gasteiger partial charge in [0.25, 0.3) is 0 Å². The van der Waals surface area contributed by atoms with Gasteiger partial charge in [-0.3, -0.25) is 4.90 Å². The summed E-state index contributed by atoms with van der Waals surface area (Å²) in [7, 11) is 2.04. The Balaban J connectivity index is 2.16. The van der Waals surface area contributed by atoms with E-state index in [0.29, 0.717) is 6.54 Å². The molecule has 96 valence electrons. The fourth-order valence-electron chi connectivity index (χ4n) is 2.07. The summed E-state index contributed by atoms with van der Waals surface area (Å²) in [5, 5.41) is 0.756. The number of halogens is 1. The molecule has 1 atom stereocenters. The van der Waals surface area contributed by atoms with Gasteiger partial charge in [0.2, 0.25) is 0 Å². The van der Waals surface area contributed by atoms with E-state index in [-0.39, 0.29) is 6.04 Å². The molecular weight excluding hydrogens is 248 g/mol. The number of benzene rings is 1. The second kappa shape index (κ2) is 6.05. The van der Waals surface area contributed by atoms with E-state index in [2.05, 4.69) is 4.90 Å². The van der Waals surface area contributed by atoms with E-state index < -0.39 is 0 Å². The topological polar surface area (TPSA) is 42.4 Å². The van der Waals surface area contributed by atoms with Crippen LogP contribution < -0.4 is 5.73 Å². The maximum absolute atomic E-state index is 6.22. The molecule has 4 heteroatoms. The van der Waals surface area contributed by atoms with Gasteiger partial charge in [-0.05, 0) is 24.7 Å². The molecule has 3 nitrogen and oxygen atoms in total. The van der Waals surface area contributed by atoms with Crippen molar-refractivity contribution in [3.8, 4) is 0 Å². The lowest BCUT2D eigenvalue weighted by atomic mass is 10.1. The fourth-order valence-corrected chi connectivity index (χ4v) is 2.33. The second-order valence-corrected chi connectivity index (χ2v) is 4.73. The summed E-state index contributed by atoms with van der Waals surface area (Å²) in [5.74, 6) is 0. The molecule has 1 aromatic heterocycles. The molecule has 1 heterocycles. The predicted octanol–water partition coefficient (Wildman–Crippen LogP) is 3.06. The lowest BCUT2D eigenvalue weighted by molar-refractivity contribution is 0.241. The predicted molar refractivity (Wildman–Crippen MR) is 73.4 cm³/mol. The molecule has 18 heavy (non-hydrogen) atoms. The van der Waals surface area contributed by atoms with E-state index in [0.717, 1.165) is 22.7 Å². The SMILES string of the molecule is CN(Cc1ccoc1)C(CN)c1ccccc1Cl. The van der Waals surface area contributed by atoms with Gasteiger partial charge >= 0.3 is 0 Å². The molecule has 2 aromatic rings. The Morgan fingerprint density at radius 1 is 1.33 bits per heavy atom. The number of rotatable bonds is 5. The number of hydrogen-bond donors (Lipinski definition) is 1. The highest BCUT2D eigenvalue weighted by Crippen LogP contribution is 2.26. The zero-order valence-electron chi connectivity index (χ0n) is 10.3. The first-order valence-corrected chi connectivity index (χ1v) is 6.26. The Bertz CT molecular complexity index is 484. The van der Waals surface area contributed by atoms with Crippen LogP contribution in [0.4, 0.5) is 0 Å². The number of furan rings is 1. The lowest BCUT2D eigenvalue weighted by Gasteiger charge is -2.27. The summed E-state index contributed by atoms with van der Waals surface area (Å²) in [6.07, 6.45) is 3.42. The van der Waals surface area contributed by atoms with Crippen LogP contribution in [0.1, 0.15) is 17.2 Å². The molecule has 2 rings (SSSR count). The van der Waals surface area contributed by atoms with Crippen LogP contribution in [0.2, 0.25) is 5.02 Å². The minimum Gasteiger partial charge on any atom is -0.472 e. The highest BCUT2D eigenvalue weighted by Gasteiger charge is 2.18. The molecule has 1 aromatic carbocycles. The van der Waals surface area contributed by atoms with E-state index in [9.17, 15) is 0 Å². The average Bonchev–Trinajstić information content (AvgIpc) is 2.85. The normalized spacial score (nSPS) is 12.9. The highest BCUT2D eigenvalue weighted by molar-refractivity contribution is 6.31. The van der Waals surface area contributed by atoms with Crippen LogP contribution in [-0.4, -0.2) is 18.5 Å². The Morgan fingerprint density at radius 2 is 2.11 bits per heavy atom. The molecule has 0 saturated heterocycles. The Kier molecular flexibility index (Phi) is 4.42. The minimum atomic E-state index is 0.105. The zero-order chi connectivity index (χ0) is 13.0. The number of nitrogens with two attached hydrogens (primary N) is 1. The summed E-state index contributed by atoms with van der Waals surface area (Å²) in [6.45, 7) is 1.31. The first kappa shape index (κ1) is 13.1. The molecule has 0 bridgehead atoms. The highest BCUT2D eigenvalue weighted by atomic mass is 35.5.